The molecule has 0 spiro atoms. The van der Waals surface area contributed by atoms with Crippen LogP contribution in [0, 0.1) is 0 Å². The molecule has 0 aliphatic carbocycles. The van der Waals surface area contributed by atoms with Gasteiger partial charge >= 0.3 is 0 Å². The number of rotatable bonds is 9. The molecular formula is C16H25NO3. The van der Waals surface area contributed by atoms with Crippen LogP contribution in [0.25, 0.3) is 0 Å². The smallest absolute Gasteiger partial charge is 0.257 e. The second-order valence-corrected chi connectivity index (χ2v) is 4.91. The largest absolute Gasteiger partial charge is 0.484 e. The minimum Gasteiger partial charge on any atom is -0.484 e. The van der Waals surface area contributed by atoms with Crippen molar-refractivity contribution in [2.75, 3.05) is 26.4 Å². The first kappa shape index (κ1) is 16.5. The van der Waals surface area contributed by atoms with E-state index in [0.717, 1.165) is 12.2 Å². The molecule has 20 heavy (non-hydrogen) atoms. The van der Waals surface area contributed by atoms with E-state index in [1.54, 1.807) is 0 Å². The lowest BCUT2D eigenvalue weighted by molar-refractivity contribution is -0.123. The normalized spacial score (nSPS) is 10.6. The van der Waals surface area contributed by atoms with Gasteiger partial charge in [-0.3, -0.25) is 4.79 Å². The van der Waals surface area contributed by atoms with E-state index in [1.807, 2.05) is 31.2 Å². The van der Waals surface area contributed by atoms with E-state index >= 15 is 0 Å². The maximum Gasteiger partial charge on any atom is 0.257 e. The van der Waals surface area contributed by atoms with Crippen LogP contribution in [0.2, 0.25) is 0 Å². The van der Waals surface area contributed by atoms with Crippen LogP contribution in [0.15, 0.2) is 24.3 Å². The highest BCUT2D eigenvalue weighted by molar-refractivity contribution is 5.77. The molecule has 0 heterocycles. The summed E-state index contributed by atoms with van der Waals surface area (Å²) in [6.45, 7) is 8.30. The van der Waals surface area contributed by atoms with Gasteiger partial charge in [0.15, 0.2) is 6.61 Å². The van der Waals surface area contributed by atoms with Gasteiger partial charge in [-0.15, -0.1) is 0 Å². The Morgan fingerprint density at radius 2 is 1.95 bits per heavy atom. The molecule has 0 saturated carbocycles. The summed E-state index contributed by atoms with van der Waals surface area (Å²) in [5, 5.41) is 2.80. The van der Waals surface area contributed by atoms with Crippen LogP contribution < -0.4 is 10.1 Å². The highest BCUT2D eigenvalue weighted by atomic mass is 16.5. The summed E-state index contributed by atoms with van der Waals surface area (Å²) in [6.07, 6.45) is 0.822. The minimum absolute atomic E-state index is 0.0513. The fourth-order valence-corrected chi connectivity index (χ4v) is 1.70. The number of carbonyl (C=O) groups excluding carboxylic acids is 1. The predicted molar refractivity (Wildman–Crippen MR) is 80.1 cm³/mol. The Hall–Kier alpha value is -1.55. The highest BCUT2D eigenvalue weighted by Gasteiger charge is 2.03. The lowest BCUT2D eigenvalue weighted by Gasteiger charge is -2.09. The molecule has 4 nitrogen and oxygen atoms in total. The first-order valence-electron chi connectivity index (χ1n) is 7.20. The number of nitrogens with one attached hydrogen (secondary N) is 1. The van der Waals surface area contributed by atoms with E-state index < -0.39 is 0 Å². The van der Waals surface area contributed by atoms with Crippen LogP contribution in [0.4, 0.5) is 0 Å². The zero-order valence-electron chi connectivity index (χ0n) is 12.6. The molecule has 1 N–H and O–H groups in total. The Morgan fingerprint density at radius 3 is 2.55 bits per heavy atom. The third-order valence-electron chi connectivity index (χ3n) is 2.91. The van der Waals surface area contributed by atoms with Gasteiger partial charge in [0.05, 0.1) is 0 Å². The predicted octanol–water partition coefficient (Wildman–Crippen LogP) is 2.73. The van der Waals surface area contributed by atoms with E-state index in [4.69, 9.17) is 9.47 Å². The molecule has 1 amide bonds. The molecule has 0 unspecified atom stereocenters. The zero-order valence-corrected chi connectivity index (χ0v) is 12.6. The van der Waals surface area contributed by atoms with Crippen LogP contribution in [-0.2, 0) is 9.53 Å². The highest BCUT2D eigenvalue weighted by Crippen LogP contribution is 2.18. The molecule has 0 fully saturated rings. The lowest BCUT2D eigenvalue weighted by atomic mass is 10.0. The summed E-state index contributed by atoms with van der Waals surface area (Å²) >= 11 is 0. The monoisotopic (exact) mass is 279 g/mol. The fourth-order valence-electron chi connectivity index (χ4n) is 1.70. The van der Waals surface area contributed by atoms with Crippen LogP contribution >= 0.6 is 0 Å². The lowest BCUT2D eigenvalue weighted by Crippen LogP contribution is -2.30. The number of ether oxygens (including phenoxy) is 2. The molecule has 1 aromatic carbocycles. The molecule has 0 bridgehead atoms. The summed E-state index contributed by atoms with van der Waals surface area (Å²) in [6, 6.07) is 7.86. The Balaban J connectivity index is 2.20. The van der Waals surface area contributed by atoms with E-state index in [2.05, 4.69) is 19.2 Å². The third kappa shape index (κ3) is 6.57. The summed E-state index contributed by atoms with van der Waals surface area (Å²) in [4.78, 5) is 11.5. The number of benzene rings is 1. The SMILES string of the molecule is CCOCCCNC(=O)COc1ccc(C(C)C)cc1. The molecule has 0 atom stereocenters. The van der Waals surface area contributed by atoms with Crippen LogP contribution in [0.1, 0.15) is 38.7 Å². The molecule has 0 saturated heterocycles. The first-order valence-corrected chi connectivity index (χ1v) is 7.20. The van der Waals surface area contributed by atoms with Crippen molar-refractivity contribution in [2.24, 2.45) is 0 Å². The van der Waals surface area contributed by atoms with Crippen molar-refractivity contribution in [3.05, 3.63) is 29.8 Å². The molecule has 0 radical (unpaired) electrons. The topological polar surface area (TPSA) is 47.6 Å². The van der Waals surface area contributed by atoms with Crippen molar-refractivity contribution in [1.82, 2.24) is 5.32 Å². The van der Waals surface area contributed by atoms with Gasteiger partial charge in [0.2, 0.25) is 0 Å². The fraction of sp³-hybridized carbons (Fsp3) is 0.562. The van der Waals surface area contributed by atoms with E-state index in [0.29, 0.717) is 25.7 Å². The molecule has 0 aromatic heterocycles. The second-order valence-electron chi connectivity index (χ2n) is 4.91. The van der Waals surface area contributed by atoms with Crippen molar-refractivity contribution in [3.8, 4) is 5.75 Å². The number of hydrogen-bond donors (Lipinski definition) is 1. The van der Waals surface area contributed by atoms with Gasteiger partial charge in [-0.05, 0) is 37.0 Å². The van der Waals surface area contributed by atoms with Crippen LogP contribution in [0.3, 0.4) is 0 Å². The molecular weight excluding hydrogens is 254 g/mol. The Labute approximate surface area is 121 Å². The number of carbonyl (C=O) groups is 1. The number of hydrogen-bond acceptors (Lipinski definition) is 3. The van der Waals surface area contributed by atoms with Crippen molar-refractivity contribution >= 4 is 5.91 Å². The summed E-state index contributed by atoms with van der Waals surface area (Å²) in [7, 11) is 0. The van der Waals surface area contributed by atoms with E-state index in [9.17, 15) is 4.79 Å². The third-order valence-corrected chi connectivity index (χ3v) is 2.91. The quantitative estimate of drug-likeness (QED) is 0.707. The minimum atomic E-state index is -0.102. The van der Waals surface area contributed by atoms with Gasteiger partial charge in [-0.25, -0.2) is 0 Å². The Morgan fingerprint density at radius 1 is 1.25 bits per heavy atom. The maximum atomic E-state index is 11.5. The van der Waals surface area contributed by atoms with Gasteiger partial charge in [0.1, 0.15) is 5.75 Å². The van der Waals surface area contributed by atoms with Gasteiger partial charge in [-0.2, -0.15) is 0 Å². The second kappa shape index (κ2) is 9.37. The molecule has 112 valence electrons. The standard InChI is InChI=1S/C16H25NO3/c1-4-19-11-5-10-17-16(18)12-20-15-8-6-14(7-9-15)13(2)3/h6-9,13H,4-5,10-12H2,1-3H3,(H,17,18). The van der Waals surface area contributed by atoms with Crippen molar-refractivity contribution in [1.29, 1.82) is 0 Å². The Kier molecular flexibility index (Phi) is 7.73. The van der Waals surface area contributed by atoms with Crippen LogP contribution in [0.5, 0.6) is 5.75 Å². The summed E-state index contributed by atoms with van der Waals surface area (Å²) in [5.41, 5.74) is 1.26. The molecule has 1 aromatic rings. The van der Waals surface area contributed by atoms with Gasteiger partial charge < -0.3 is 14.8 Å². The van der Waals surface area contributed by atoms with E-state index in [1.165, 1.54) is 5.56 Å². The Bertz CT molecular complexity index is 387. The average Bonchev–Trinajstić information content (AvgIpc) is 2.45. The first-order chi connectivity index (χ1) is 9.63. The molecule has 0 aliphatic heterocycles. The molecule has 1 rings (SSSR count). The number of amides is 1. The zero-order chi connectivity index (χ0) is 14.8. The summed E-state index contributed by atoms with van der Waals surface area (Å²) < 4.78 is 10.6. The molecule has 4 heteroatoms. The average molecular weight is 279 g/mol. The molecule has 0 aliphatic rings. The van der Waals surface area contributed by atoms with Crippen LogP contribution in [-0.4, -0.2) is 32.3 Å². The van der Waals surface area contributed by atoms with Crippen molar-refractivity contribution < 1.29 is 14.3 Å². The van der Waals surface area contributed by atoms with Crippen molar-refractivity contribution in [3.63, 3.8) is 0 Å². The summed E-state index contributed by atoms with van der Waals surface area (Å²) in [5.74, 6) is 1.12. The van der Waals surface area contributed by atoms with Gasteiger partial charge in [0.25, 0.3) is 5.91 Å². The van der Waals surface area contributed by atoms with Crippen molar-refractivity contribution in [2.45, 2.75) is 33.1 Å². The van der Waals surface area contributed by atoms with E-state index in [-0.39, 0.29) is 12.5 Å². The maximum absolute atomic E-state index is 11.5. The van der Waals surface area contributed by atoms with Gasteiger partial charge in [-0.1, -0.05) is 26.0 Å². The van der Waals surface area contributed by atoms with Gasteiger partial charge in [0, 0.05) is 19.8 Å².